The molecule has 0 aliphatic carbocycles. The normalized spacial score (nSPS) is 18.3. The lowest BCUT2D eigenvalue weighted by molar-refractivity contribution is 0.259. The Kier molecular flexibility index (Phi) is 4.84. The molecule has 0 amide bonds. The Morgan fingerprint density at radius 3 is 2.83 bits per heavy atom. The van der Waals surface area contributed by atoms with Crippen LogP contribution in [0.2, 0.25) is 0 Å². The summed E-state index contributed by atoms with van der Waals surface area (Å²) in [5, 5.41) is 9.84. The second-order valence-corrected chi connectivity index (χ2v) is 7.92. The molecule has 0 saturated carbocycles. The molecular weight excluding hydrogens is 376 g/mol. The summed E-state index contributed by atoms with van der Waals surface area (Å²) in [6.07, 6.45) is 3.18. The van der Waals surface area contributed by atoms with Crippen LogP contribution in [0.4, 0.5) is 0 Å². The van der Waals surface area contributed by atoms with E-state index in [4.69, 9.17) is 15.5 Å². The van der Waals surface area contributed by atoms with E-state index in [-0.39, 0.29) is 12.1 Å². The van der Waals surface area contributed by atoms with Crippen molar-refractivity contribution < 1.29 is 4.74 Å². The van der Waals surface area contributed by atoms with Gasteiger partial charge in [-0.2, -0.15) is 0 Å². The zero-order chi connectivity index (χ0) is 20.7. The molecular formula is C23H26N6O. The molecule has 154 valence electrons. The number of rotatable bonds is 5. The highest BCUT2D eigenvalue weighted by Crippen LogP contribution is 2.27. The van der Waals surface area contributed by atoms with Gasteiger partial charge in [0, 0.05) is 42.8 Å². The summed E-state index contributed by atoms with van der Waals surface area (Å²) >= 11 is 0. The van der Waals surface area contributed by atoms with Crippen molar-refractivity contribution in [1.29, 1.82) is 0 Å². The topological polar surface area (TPSA) is 81.6 Å². The van der Waals surface area contributed by atoms with Gasteiger partial charge in [0.2, 0.25) is 0 Å². The van der Waals surface area contributed by atoms with Crippen molar-refractivity contribution in [2.45, 2.75) is 32.4 Å². The molecule has 5 rings (SSSR count). The Hall–Kier alpha value is -3.03. The molecule has 1 aromatic carbocycles. The maximum absolute atomic E-state index is 6.11. The number of likely N-dealkylation sites (tertiary alicyclic amines) is 1. The van der Waals surface area contributed by atoms with Crippen LogP contribution in [0.15, 0.2) is 48.7 Å². The van der Waals surface area contributed by atoms with Crippen LogP contribution in [-0.4, -0.2) is 50.2 Å². The summed E-state index contributed by atoms with van der Waals surface area (Å²) in [6.45, 7) is 6.80. The lowest BCUT2D eigenvalue weighted by atomic mass is 10.1. The van der Waals surface area contributed by atoms with Gasteiger partial charge in [0.05, 0.1) is 12.1 Å². The van der Waals surface area contributed by atoms with Gasteiger partial charge < -0.3 is 10.5 Å². The molecule has 3 aromatic heterocycles. The fourth-order valence-corrected chi connectivity index (χ4v) is 4.18. The number of aromatic nitrogens is 4. The van der Waals surface area contributed by atoms with Gasteiger partial charge in [0.25, 0.3) is 0 Å². The van der Waals surface area contributed by atoms with Gasteiger partial charge in [0.1, 0.15) is 11.4 Å². The van der Waals surface area contributed by atoms with Gasteiger partial charge in [-0.15, -0.1) is 10.2 Å². The summed E-state index contributed by atoms with van der Waals surface area (Å²) in [5.74, 6) is 1.56. The predicted octanol–water partition coefficient (Wildman–Crippen LogP) is 3.44. The van der Waals surface area contributed by atoms with Crippen LogP contribution in [0, 0.1) is 0 Å². The van der Waals surface area contributed by atoms with Crippen molar-refractivity contribution in [3.05, 3.63) is 54.2 Å². The number of fused-ring (bicyclic) bond motifs is 2. The van der Waals surface area contributed by atoms with Crippen molar-refractivity contribution in [3.8, 4) is 17.3 Å². The van der Waals surface area contributed by atoms with Crippen molar-refractivity contribution in [1.82, 2.24) is 24.5 Å². The summed E-state index contributed by atoms with van der Waals surface area (Å²) in [4.78, 5) is 7.27. The Morgan fingerprint density at radius 1 is 1.17 bits per heavy atom. The van der Waals surface area contributed by atoms with Crippen LogP contribution in [0.25, 0.3) is 28.1 Å². The van der Waals surface area contributed by atoms with E-state index >= 15 is 0 Å². The molecule has 0 unspecified atom stereocenters. The Morgan fingerprint density at radius 2 is 2.03 bits per heavy atom. The van der Waals surface area contributed by atoms with Gasteiger partial charge in [-0.1, -0.05) is 12.1 Å². The molecule has 2 N–H and O–H groups in total. The van der Waals surface area contributed by atoms with Crippen LogP contribution in [0.1, 0.15) is 31.9 Å². The highest BCUT2D eigenvalue weighted by molar-refractivity contribution is 5.82. The van der Waals surface area contributed by atoms with E-state index in [0.717, 1.165) is 53.3 Å². The first-order valence-electron chi connectivity index (χ1n) is 10.5. The molecule has 1 aliphatic rings. The SMILES string of the molecule is CCOc1ccc2ccc(-c3nnc4ccc([C@@H](C)N5CC[C@H](N)C5)cn34)nc2c1. The highest BCUT2D eigenvalue weighted by atomic mass is 16.5. The largest absolute Gasteiger partial charge is 0.494 e. The fraction of sp³-hybridized carbons (Fsp3) is 0.348. The second kappa shape index (κ2) is 7.66. The van der Waals surface area contributed by atoms with E-state index in [0.29, 0.717) is 6.61 Å². The van der Waals surface area contributed by atoms with Crippen LogP contribution in [0.3, 0.4) is 0 Å². The highest BCUT2D eigenvalue weighted by Gasteiger charge is 2.25. The second-order valence-electron chi connectivity index (χ2n) is 7.92. The van der Waals surface area contributed by atoms with Crippen LogP contribution in [0.5, 0.6) is 5.75 Å². The molecule has 0 bridgehead atoms. The molecule has 0 spiro atoms. The monoisotopic (exact) mass is 402 g/mol. The van der Waals surface area contributed by atoms with E-state index in [1.54, 1.807) is 0 Å². The smallest absolute Gasteiger partial charge is 0.187 e. The van der Waals surface area contributed by atoms with Crippen molar-refractivity contribution >= 4 is 16.6 Å². The molecule has 0 radical (unpaired) electrons. The molecule has 1 fully saturated rings. The van der Waals surface area contributed by atoms with Gasteiger partial charge in [-0.05, 0) is 50.1 Å². The van der Waals surface area contributed by atoms with E-state index in [1.807, 2.05) is 41.7 Å². The number of ether oxygens (including phenoxy) is 1. The minimum atomic E-state index is 0.269. The lowest BCUT2D eigenvalue weighted by Gasteiger charge is -2.24. The maximum atomic E-state index is 6.11. The van der Waals surface area contributed by atoms with Crippen molar-refractivity contribution in [2.24, 2.45) is 5.73 Å². The molecule has 1 saturated heterocycles. The lowest BCUT2D eigenvalue weighted by Crippen LogP contribution is -2.28. The number of pyridine rings is 2. The van der Waals surface area contributed by atoms with Gasteiger partial charge >= 0.3 is 0 Å². The van der Waals surface area contributed by atoms with Crippen molar-refractivity contribution in [3.63, 3.8) is 0 Å². The van der Waals surface area contributed by atoms with Crippen LogP contribution < -0.4 is 10.5 Å². The summed E-state index contributed by atoms with van der Waals surface area (Å²) in [5.41, 5.74) is 9.80. The summed E-state index contributed by atoms with van der Waals surface area (Å²) in [7, 11) is 0. The molecule has 4 heterocycles. The third kappa shape index (κ3) is 3.40. The first-order valence-corrected chi connectivity index (χ1v) is 10.5. The minimum absolute atomic E-state index is 0.269. The fourth-order valence-electron chi connectivity index (χ4n) is 4.18. The average molecular weight is 403 g/mol. The molecule has 2 atom stereocenters. The summed E-state index contributed by atoms with van der Waals surface area (Å²) < 4.78 is 7.66. The van der Waals surface area contributed by atoms with Crippen LogP contribution >= 0.6 is 0 Å². The number of nitrogens with two attached hydrogens (primary N) is 1. The Bertz CT molecular complexity index is 1200. The maximum Gasteiger partial charge on any atom is 0.187 e. The number of nitrogens with zero attached hydrogens (tertiary/aromatic N) is 5. The molecule has 1 aliphatic heterocycles. The minimum Gasteiger partial charge on any atom is -0.494 e. The Labute approximate surface area is 175 Å². The predicted molar refractivity (Wildman–Crippen MR) is 117 cm³/mol. The molecule has 4 aromatic rings. The Balaban J connectivity index is 1.54. The number of hydrogen-bond acceptors (Lipinski definition) is 6. The van der Waals surface area contributed by atoms with Gasteiger partial charge in [0.15, 0.2) is 11.5 Å². The van der Waals surface area contributed by atoms with E-state index in [9.17, 15) is 0 Å². The number of hydrogen-bond donors (Lipinski definition) is 1. The van der Waals surface area contributed by atoms with Crippen molar-refractivity contribution in [2.75, 3.05) is 19.7 Å². The first kappa shape index (κ1) is 19.0. The quantitative estimate of drug-likeness (QED) is 0.551. The van der Waals surface area contributed by atoms with Gasteiger partial charge in [-0.25, -0.2) is 4.98 Å². The van der Waals surface area contributed by atoms with Crippen LogP contribution in [-0.2, 0) is 0 Å². The molecule has 7 heteroatoms. The average Bonchev–Trinajstić information content (AvgIpc) is 3.38. The first-order chi connectivity index (χ1) is 14.6. The van der Waals surface area contributed by atoms with E-state index in [1.165, 1.54) is 5.56 Å². The third-order valence-corrected chi connectivity index (χ3v) is 5.92. The zero-order valence-corrected chi connectivity index (χ0v) is 17.3. The van der Waals surface area contributed by atoms with E-state index < -0.39 is 0 Å². The standard InChI is InChI=1S/C23H26N6O/c1-3-30-19-7-4-16-5-8-20(25-21(16)12-19)23-27-26-22-9-6-17(13-29(22)23)15(2)28-11-10-18(24)14-28/h4-9,12-13,15,18H,3,10-11,14,24H2,1-2H3/t15-,18+/m1/s1. The van der Waals surface area contributed by atoms with Gasteiger partial charge in [-0.3, -0.25) is 9.30 Å². The zero-order valence-electron chi connectivity index (χ0n) is 17.3. The summed E-state index contributed by atoms with van der Waals surface area (Å²) in [6, 6.07) is 14.7. The molecule has 7 nitrogen and oxygen atoms in total. The number of benzene rings is 1. The van der Waals surface area contributed by atoms with E-state index in [2.05, 4.69) is 40.4 Å². The third-order valence-electron chi connectivity index (χ3n) is 5.92. The molecule has 30 heavy (non-hydrogen) atoms.